The number of aliphatic hydroxyl groups is 1. The number of ether oxygens (including phenoxy) is 1. The summed E-state index contributed by atoms with van der Waals surface area (Å²) in [6, 6.07) is 8.26. The molecule has 0 saturated heterocycles. The van der Waals surface area contributed by atoms with Gasteiger partial charge in [0.1, 0.15) is 12.2 Å². The molecule has 136 valence electrons. The van der Waals surface area contributed by atoms with Gasteiger partial charge in [-0.2, -0.15) is 5.26 Å². The van der Waals surface area contributed by atoms with Crippen LogP contribution < -0.4 is 11.1 Å². The Kier molecular flexibility index (Phi) is 7.69. The molecule has 1 unspecified atom stereocenters. The van der Waals surface area contributed by atoms with Crippen LogP contribution in [0, 0.1) is 11.3 Å². The summed E-state index contributed by atoms with van der Waals surface area (Å²) in [5, 5.41) is 23.9. The van der Waals surface area contributed by atoms with Crippen LogP contribution in [0.5, 0.6) is 0 Å². The highest BCUT2D eigenvalue weighted by Crippen LogP contribution is 2.10. The summed E-state index contributed by atoms with van der Waals surface area (Å²) in [5.74, 6) is 0.0451. The molecule has 0 aliphatic heterocycles. The van der Waals surface area contributed by atoms with Gasteiger partial charge in [-0.1, -0.05) is 17.3 Å². The van der Waals surface area contributed by atoms with E-state index in [0.717, 1.165) is 5.56 Å². The van der Waals surface area contributed by atoms with Gasteiger partial charge in [-0.15, -0.1) is 0 Å². The molecule has 0 radical (unpaired) electrons. The molecule has 0 bridgehead atoms. The Balaban J connectivity index is 2.87. The van der Waals surface area contributed by atoms with Gasteiger partial charge in [0.25, 0.3) is 0 Å². The van der Waals surface area contributed by atoms with Crippen molar-refractivity contribution in [1.82, 2.24) is 5.32 Å². The van der Waals surface area contributed by atoms with E-state index in [9.17, 15) is 4.79 Å². The monoisotopic (exact) mass is 348 g/mol. The van der Waals surface area contributed by atoms with Crippen molar-refractivity contribution in [1.29, 1.82) is 5.26 Å². The van der Waals surface area contributed by atoms with Gasteiger partial charge in [-0.05, 0) is 38.5 Å². The fourth-order valence-corrected chi connectivity index (χ4v) is 1.86. The lowest BCUT2D eigenvalue weighted by molar-refractivity contribution is 0.0515. The highest BCUT2D eigenvalue weighted by molar-refractivity contribution is 5.88. The standard InChI is InChI=1S/C17H24N4O4/c1-17(2,3)25-16(23)20-14(15(19)21-24-9-8-22)10-12-4-6-13(11-18)7-5-12/h4-7,14,22H,8-10H2,1-3H3,(H2,19,21)(H,20,23). The van der Waals surface area contributed by atoms with Crippen LogP contribution in [0.2, 0.25) is 0 Å². The fraction of sp³-hybridized carbons (Fsp3) is 0.471. The van der Waals surface area contributed by atoms with Gasteiger partial charge >= 0.3 is 6.09 Å². The summed E-state index contributed by atoms with van der Waals surface area (Å²) in [4.78, 5) is 16.9. The Morgan fingerprint density at radius 3 is 2.56 bits per heavy atom. The normalized spacial score (nSPS) is 12.8. The van der Waals surface area contributed by atoms with Crippen molar-refractivity contribution in [2.24, 2.45) is 10.9 Å². The highest BCUT2D eigenvalue weighted by Gasteiger charge is 2.22. The molecule has 8 heteroatoms. The molecule has 0 aliphatic rings. The number of benzene rings is 1. The zero-order valence-corrected chi connectivity index (χ0v) is 14.7. The zero-order chi connectivity index (χ0) is 18.9. The van der Waals surface area contributed by atoms with Gasteiger partial charge in [0.15, 0.2) is 5.84 Å². The van der Waals surface area contributed by atoms with Crippen molar-refractivity contribution in [3.8, 4) is 6.07 Å². The molecule has 1 aromatic carbocycles. The van der Waals surface area contributed by atoms with Crippen molar-refractivity contribution in [2.45, 2.75) is 38.8 Å². The van der Waals surface area contributed by atoms with Crippen LogP contribution in [0.4, 0.5) is 4.79 Å². The summed E-state index contributed by atoms with van der Waals surface area (Å²) in [6.45, 7) is 5.06. The second kappa shape index (κ2) is 9.49. The largest absolute Gasteiger partial charge is 0.444 e. The first-order valence-electron chi connectivity index (χ1n) is 7.80. The van der Waals surface area contributed by atoms with Gasteiger partial charge < -0.3 is 25.7 Å². The molecule has 4 N–H and O–H groups in total. The lowest BCUT2D eigenvalue weighted by atomic mass is 10.0. The number of amidine groups is 1. The molecule has 1 amide bonds. The number of oxime groups is 1. The molecule has 0 aromatic heterocycles. The van der Waals surface area contributed by atoms with E-state index in [1.165, 1.54) is 0 Å². The minimum atomic E-state index is -0.665. The number of amides is 1. The van der Waals surface area contributed by atoms with Crippen LogP contribution in [0.3, 0.4) is 0 Å². The molecule has 1 rings (SSSR count). The topological polar surface area (TPSA) is 130 Å². The van der Waals surface area contributed by atoms with Crippen LogP contribution in [0.15, 0.2) is 29.4 Å². The predicted octanol–water partition coefficient (Wildman–Crippen LogP) is 1.28. The van der Waals surface area contributed by atoms with Crippen LogP contribution in [-0.2, 0) is 16.0 Å². The summed E-state index contributed by atoms with van der Waals surface area (Å²) < 4.78 is 5.23. The number of carbonyl (C=O) groups excluding carboxylic acids is 1. The minimum Gasteiger partial charge on any atom is -0.444 e. The van der Waals surface area contributed by atoms with Crippen molar-refractivity contribution in [3.63, 3.8) is 0 Å². The third-order valence-electron chi connectivity index (χ3n) is 2.92. The number of hydrogen-bond acceptors (Lipinski definition) is 6. The molecule has 1 atom stereocenters. The number of rotatable bonds is 7. The number of nitriles is 1. The van der Waals surface area contributed by atoms with Crippen molar-refractivity contribution < 1.29 is 19.5 Å². The molecule has 0 fully saturated rings. The van der Waals surface area contributed by atoms with E-state index in [4.69, 9.17) is 25.7 Å². The van der Waals surface area contributed by atoms with Crippen LogP contribution in [0.1, 0.15) is 31.9 Å². The third kappa shape index (κ3) is 8.04. The molecule has 8 nitrogen and oxygen atoms in total. The van der Waals surface area contributed by atoms with Gasteiger partial charge in [0.05, 0.1) is 24.3 Å². The third-order valence-corrected chi connectivity index (χ3v) is 2.92. The SMILES string of the molecule is CC(C)(C)OC(=O)NC(Cc1ccc(C#N)cc1)/C(N)=N/OCCO. The first-order chi connectivity index (χ1) is 11.7. The number of nitrogens with two attached hydrogens (primary N) is 1. The number of nitrogens with zero attached hydrogens (tertiary/aromatic N) is 2. The quantitative estimate of drug-likeness (QED) is 0.294. The van der Waals surface area contributed by atoms with E-state index < -0.39 is 17.7 Å². The van der Waals surface area contributed by atoms with Gasteiger partial charge in [0.2, 0.25) is 0 Å². The van der Waals surface area contributed by atoms with Gasteiger partial charge in [-0.25, -0.2) is 4.79 Å². The minimum absolute atomic E-state index is 0.00325. The van der Waals surface area contributed by atoms with Crippen molar-refractivity contribution in [3.05, 3.63) is 35.4 Å². The zero-order valence-electron chi connectivity index (χ0n) is 14.7. The molecule has 25 heavy (non-hydrogen) atoms. The van der Waals surface area contributed by atoms with E-state index in [1.807, 2.05) is 6.07 Å². The molecular formula is C17H24N4O4. The summed E-state index contributed by atoms with van der Waals surface area (Å²) in [5.41, 5.74) is 6.63. The lowest BCUT2D eigenvalue weighted by Gasteiger charge is -2.23. The first kappa shape index (κ1) is 20.3. The Morgan fingerprint density at radius 2 is 2.04 bits per heavy atom. The Hall–Kier alpha value is -2.79. The van der Waals surface area contributed by atoms with Crippen LogP contribution in [-0.4, -0.2) is 41.9 Å². The maximum Gasteiger partial charge on any atom is 0.408 e. The highest BCUT2D eigenvalue weighted by atomic mass is 16.6. The summed E-state index contributed by atoms with van der Waals surface area (Å²) >= 11 is 0. The molecule has 0 saturated carbocycles. The number of alkyl carbamates (subject to hydrolysis) is 1. The van der Waals surface area contributed by atoms with E-state index in [0.29, 0.717) is 12.0 Å². The molecule has 1 aromatic rings. The summed E-state index contributed by atoms with van der Waals surface area (Å²) in [7, 11) is 0. The van der Waals surface area contributed by atoms with E-state index >= 15 is 0 Å². The lowest BCUT2D eigenvalue weighted by Crippen LogP contribution is -2.47. The van der Waals surface area contributed by atoms with E-state index in [2.05, 4.69) is 10.5 Å². The van der Waals surface area contributed by atoms with Crippen LogP contribution in [0.25, 0.3) is 0 Å². The van der Waals surface area contributed by atoms with E-state index in [1.54, 1.807) is 45.0 Å². The number of nitrogens with one attached hydrogen (secondary N) is 1. The Morgan fingerprint density at radius 1 is 1.40 bits per heavy atom. The number of carbonyl (C=O) groups is 1. The Bertz CT molecular complexity index is 630. The fourth-order valence-electron chi connectivity index (χ4n) is 1.86. The summed E-state index contributed by atoms with van der Waals surface area (Å²) in [6.07, 6.45) is -0.297. The maximum atomic E-state index is 12.0. The molecule has 0 heterocycles. The molecule has 0 aliphatic carbocycles. The van der Waals surface area contributed by atoms with Crippen molar-refractivity contribution in [2.75, 3.05) is 13.2 Å². The average Bonchev–Trinajstić information content (AvgIpc) is 2.53. The molecule has 0 spiro atoms. The second-order valence-electron chi connectivity index (χ2n) is 6.28. The second-order valence-corrected chi connectivity index (χ2v) is 6.28. The predicted molar refractivity (Wildman–Crippen MR) is 92.7 cm³/mol. The van der Waals surface area contributed by atoms with Gasteiger partial charge in [0, 0.05) is 6.42 Å². The van der Waals surface area contributed by atoms with Crippen molar-refractivity contribution >= 4 is 11.9 Å². The smallest absolute Gasteiger partial charge is 0.408 e. The first-order valence-corrected chi connectivity index (χ1v) is 7.80. The maximum absolute atomic E-state index is 12.0. The van der Waals surface area contributed by atoms with E-state index in [-0.39, 0.29) is 19.0 Å². The number of aliphatic hydroxyl groups excluding tert-OH is 1. The average molecular weight is 348 g/mol. The Labute approximate surface area is 147 Å². The molecular weight excluding hydrogens is 324 g/mol. The van der Waals surface area contributed by atoms with Gasteiger partial charge in [-0.3, -0.25) is 0 Å². The van der Waals surface area contributed by atoms with Crippen LogP contribution >= 0.6 is 0 Å². The number of hydrogen-bond donors (Lipinski definition) is 3.